The van der Waals surface area contributed by atoms with Crippen LogP contribution in [0.1, 0.15) is 110 Å². The minimum absolute atomic E-state index is 1.17. The van der Waals surface area contributed by atoms with Crippen LogP contribution in [0.2, 0.25) is 0 Å². The Hall–Kier alpha value is -0.790. The van der Waals surface area contributed by atoms with Crippen LogP contribution in [0.25, 0.3) is 0 Å². The molecule has 0 amide bonds. The van der Waals surface area contributed by atoms with E-state index in [9.17, 15) is 0 Å². The molecule has 0 unspecified atom stereocenters. The zero-order valence-electron chi connectivity index (χ0n) is 16.9. The lowest BCUT2D eigenvalue weighted by molar-refractivity contribution is -0.704. The first-order chi connectivity index (χ1) is 11.8. The normalized spacial score (nSPS) is 11.3. The third kappa shape index (κ3) is 8.89. The zero-order chi connectivity index (χ0) is 17.5. The van der Waals surface area contributed by atoms with Gasteiger partial charge in [0.2, 0.25) is 0 Å². The van der Waals surface area contributed by atoms with Crippen LogP contribution in [0.3, 0.4) is 0 Å². The van der Waals surface area contributed by atoms with Crippen molar-refractivity contribution in [2.75, 3.05) is 0 Å². The molecule has 1 rings (SSSR count). The second-order valence-electron chi connectivity index (χ2n) is 7.39. The summed E-state index contributed by atoms with van der Waals surface area (Å²) in [4.78, 5) is 0. The van der Waals surface area contributed by atoms with Crippen LogP contribution in [-0.2, 0) is 19.5 Å². The van der Waals surface area contributed by atoms with Crippen molar-refractivity contribution >= 4 is 0 Å². The predicted molar refractivity (Wildman–Crippen MR) is 105 cm³/mol. The second kappa shape index (κ2) is 14.5. The van der Waals surface area contributed by atoms with Gasteiger partial charge in [0, 0.05) is 6.42 Å². The molecule has 24 heavy (non-hydrogen) atoms. The molecule has 0 saturated heterocycles. The number of imidazole rings is 1. The van der Waals surface area contributed by atoms with Gasteiger partial charge in [0.25, 0.3) is 5.82 Å². The van der Waals surface area contributed by atoms with E-state index < -0.39 is 0 Å². The van der Waals surface area contributed by atoms with Crippen LogP contribution in [-0.4, -0.2) is 4.57 Å². The van der Waals surface area contributed by atoms with Gasteiger partial charge in [-0.25, -0.2) is 9.13 Å². The van der Waals surface area contributed by atoms with Crippen molar-refractivity contribution < 1.29 is 4.57 Å². The summed E-state index contributed by atoms with van der Waals surface area (Å²) < 4.78 is 5.04. The van der Waals surface area contributed by atoms with Gasteiger partial charge in [0.05, 0.1) is 13.1 Å². The van der Waals surface area contributed by atoms with Crippen molar-refractivity contribution in [3.8, 4) is 0 Å². The van der Waals surface area contributed by atoms with Crippen LogP contribution in [0.15, 0.2) is 12.4 Å². The highest BCUT2D eigenvalue weighted by atomic mass is 15.1. The van der Waals surface area contributed by atoms with Gasteiger partial charge in [-0.1, -0.05) is 78.6 Å². The lowest BCUT2D eigenvalue weighted by Crippen LogP contribution is -2.37. The number of aryl methyl sites for hydroxylation is 2. The Bertz CT molecular complexity index is 395. The molecule has 0 saturated carbocycles. The average molecular weight is 336 g/mol. The number of unbranched alkanes of at least 4 members (excludes halogenated alkanes) is 10. The summed E-state index contributed by atoms with van der Waals surface area (Å²) in [5, 5.41) is 0. The van der Waals surface area contributed by atoms with E-state index in [4.69, 9.17) is 0 Å². The van der Waals surface area contributed by atoms with Gasteiger partial charge < -0.3 is 0 Å². The SMILES string of the molecule is CCCCCCCCCCc1n(CCC)cc[n+]1CCCCCC. The molecule has 140 valence electrons. The van der Waals surface area contributed by atoms with E-state index in [1.165, 1.54) is 103 Å². The van der Waals surface area contributed by atoms with E-state index in [0.717, 1.165) is 0 Å². The quantitative estimate of drug-likeness (QED) is 0.242. The fourth-order valence-corrected chi connectivity index (χ4v) is 3.56. The molecule has 0 spiro atoms. The van der Waals surface area contributed by atoms with E-state index >= 15 is 0 Å². The van der Waals surface area contributed by atoms with Crippen molar-refractivity contribution in [2.45, 2.75) is 124 Å². The first-order valence-electron chi connectivity index (χ1n) is 10.9. The summed E-state index contributed by atoms with van der Waals surface area (Å²) in [5.41, 5.74) is 0. The minimum atomic E-state index is 1.17. The Morgan fingerprint density at radius 1 is 0.708 bits per heavy atom. The topological polar surface area (TPSA) is 8.81 Å². The molecule has 0 aliphatic carbocycles. The van der Waals surface area contributed by atoms with Crippen LogP contribution < -0.4 is 4.57 Å². The highest BCUT2D eigenvalue weighted by Gasteiger charge is 2.15. The molecule has 0 radical (unpaired) electrons. The molecule has 1 aromatic rings. The van der Waals surface area contributed by atoms with Gasteiger partial charge in [-0.3, -0.25) is 0 Å². The summed E-state index contributed by atoms with van der Waals surface area (Å²) in [6.07, 6.45) is 23.8. The molecule has 0 bridgehead atoms. The smallest absolute Gasteiger partial charge is 0.234 e. The molecular weight excluding hydrogens is 292 g/mol. The number of rotatable bonds is 16. The maximum absolute atomic E-state index is 2.53. The van der Waals surface area contributed by atoms with Crippen LogP contribution in [0.4, 0.5) is 0 Å². The van der Waals surface area contributed by atoms with Gasteiger partial charge in [-0.15, -0.1) is 0 Å². The summed E-state index contributed by atoms with van der Waals surface area (Å²) in [6, 6.07) is 0. The van der Waals surface area contributed by atoms with Gasteiger partial charge in [0.15, 0.2) is 0 Å². The van der Waals surface area contributed by atoms with Gasteiger partial charge >= 0.3 is 0 Å². The fraction of sp³-hybridized carbons (Fsp3) is 0.864. The molecule has 0 aromatic carbocycles. The Morgan fingerprint density at radius 3 is 1.92 bits per heavy atom. The van der Waals surface area contributed by atoms with Crippen LogP contribution in [0.5, 0.6) is 0 Å². The van der Waals surface area contributed by atoms with Gasteiger partial charge in [-0.05, 0) is 25.7 Å². The van der Waals surface area contributed by atoms with E-state index in [1.807, 2.05) is 0 Å². The van der Waals surface area contributed by atoms with Crippen LogP contribution in [0, 0.1) is 0 Å². The van der Waals surface area contributed by atoms with Crippen molar-refractivity contribution in [2.24, 2.45) is 0 Å². The minimum Gasteiger partial charge on any atom is -0.234 e. The molecule has 0 atom stereocenters. The monoisotopic (exact) mass is 335 g/mol. The van der Waals surface area contributed by atoms with Gasteiger partial charge in [0.1, 0.15) is 12.4 Å². The first kappa shape index (κ1) is 21.3. The van der Waals surface area contributed by atoms with E-state index in [2.05, 4.69) is 42.3 Å². The molecule has 2 heteroatoms. The standard InChI is InChI=1S/C22H43N2/c1-4-7-9-11-12-13-14-15-17-22-23(18-6-3)20-21-24(22)19-16-10-8-5-2/h20-21H,4-19H2,1-3H3/q+1. The lowest BCUT2D eigenvalue weighted by atomic mass is 10.1. The Labute approximate surface area is 151 Å². The third-order valence-electron chi connectivity index (χ3n) is 5.06. The lowest BCUT2D eigenvalue weighted by Gasteiger charge is -2.06. The van der Waals surface area contributed by atoms with Crippen molar-refractivity contribution in [3.05, 3.63) is 18.2 Å². The highest BCUT2D eigenvalue weighted by molar-refractivity contribution is 4.84. The Morgan fingerprint density at radius 2 is 1.29 bits per heavy atom. The van der Waals surface area contributed by atoms with Gasteiger partial charge in [-0.2, -0.15) is 0 Å². The summed E-state index contributed by atoms with van der Waals surface area (Å²) in [7, 11) is 0. The van der Waals surface area contributed by atoms with Crippen molar-refractivity contribution in [3.63, 3.8) is 0 Å². The number of hydrogen-bond donors (Lipinski definition) is 0. The average Bonchev–Trinajstić information content (AvgIpc) is 2.96. The molecule has 0 aliphatic heterocycles. The predicted octanol–water partition coefficient (Wildman–Crippen LogP) is 6.45. The molecule has 0 fully saturated rings. The number of aromatic nitrogens is 2. The third-order valence-corrected chi connectivity index (χ3v) is 5.06. The van der Waals surface area contributed by atoms with E-state index in [0.29, 0.717) is 0 Å². The zero-order valence-corrected chi connectivity index (χ0v) is 16.9. The second-order valence-corrected chi connectivity index (χ2v) is 7.39. The molecule has 1 aromatic heterocycles. The molecule has 2 nitrogen and oxygen atoms in total. The van der Waals surface area contributed by atoms with E-state index in [-0.39, 0.29) is 0 Å². The molecular formula is C22H43N2+. The van der Waals surface area contributed by atoms with E-state index in [1.54, 1.807) is 5.82 Å². The summed E-state index contributed by atoms with van der Waals surface area (Å²) in [5.74, 6) is 1.57. The van der Waals surface area contributed by atoms with Crippen molar-refractivity contribution in [1.29, 1.82) is 0 Å². The summed E-state index contributed by atoms with van der Waals surface area (Å²) in [6.45, 7) is 9.25. The molecule has 0 N–H and O–H groups in total. The Kier molecular flexibility index (Phi) is 12.9. The number of hydrogen-bond acceptors (Lipinski definition) is 0. The number of nitrogens with zero attached hydrogens (tertiary/aromatic N) is 2. The Balaban J connectivity index is 2.33. The largest absolute Gasteiger partial charge is 0.256 e. The van der Waals surface area contributed by atoms with Crippen molar-refractivity contribution in [1.82, 2.24) is 4.57 Å². The fourth-order valence-electron chi connectivity index (χ4n) is 3.56. The first-order valence-corrected chi connectivity index (χ1v) is 10.9. The van der Waals surface area contributed by atoms with Crippen LogP contribution >= 0.6 is 0 Å². The summed E-state index contributed by atoms with van der Waals surface area (Å²) >= 11 is 0. The maximum Gasteiger partial charge on any atom is 0.256 e. The highest BCUT2D eigenvalue weighted by Crippen LogP contribution is 2.11. The molecule has 1 heterocycles. The molecule has 0 aliphatic rings. The maximum atomic E-state index is 2.53.